The highest BCUT2D eigenvalue weighted by molar-refractivity contribution is 5.55. The van der Waals surface area contributed by atoms with E-state index in [9.17, 15) is 0 Å². The third-order valence-electron chi connectivity index (χ3n) is 3.80. The van der Waals surface area contributed by atoms with Crippen LogP contribution in [0.15, 0.2) is 48.2 Å². The van der Waals surface area contributed by atoms with Gasteiger partial charge < -0.3 is 4.90 Å². The molecule has 88 valence electrons. The Balaban J connectivity index is 1.96. The van der Waals surface area contributed by atoms with Crippen LogP contribution in [0.4, 0.5) is 5.69 Å². The van der Waals surface area contributed by atoms with Gasteiger partial charge in [0.1, 0.15) is 0 Å². The molecule has 1 aliphatic heterocycles. The minimum atomic E-state index is 0.745. The second-order valence-corrected chi connectivity index (χ2v) is 5.09. The summed E-state index contributed by atoms with van der Waals surface area (Å²) >= 11 is 0. The van der Waals surface area contributed by atoms with Crippen molar-refractivity contribution >= 4 is 5.69 Å². The summed E-state index contributed by atoms with van der Waals surface area (Å²) in [5, 5.41) is 0. The van der Waals surface area contributed by atoms with Crippen LogP contribution in [0.5, 0.6) is 0 Å². The van der Waals surface area contributed by atoms with Crippen LogP contribution in [-0.4, -0.2) is 6.54 Å². The van der Waals surface area contributed by atoms with E-state index in [1.807, 2.05) is 0 Å². The minimum Gasteiger partial charge on any atom is -0.345 e. The summed E-state index contributed by atoms with van der Waals surface area (Å²) < 4.78 is 0. The van der Waals surface area contributed by atoms with Crippen LogP contribution >= 0.6 is 0 Å². The minimum absolute atomic E-state index is 0.745. The van der Waals surface area contributed by atoms with E-state index in [0.29, 0.717) is 0 Å². The normalized spacial score (nSPS) is 23.2. The molecule has 1 atom stereocenters. The average molecular weight is 225 g/mol. The summed E-state index contributed by atoms with van der Waals surface area (Å²) in [4.78, 5) is 2.50. The molecule has 1 nitrogen and oxygen atoms in total. The predicted molar refractivity (Wildman–Crippen MR) is 73.1 cm³/mol. The lowest BCUT2D eigenvalue weighted by Crippen LogP contribution is -2.33. The molecule has 1 saturated heterocycles. The lowest BCUT2D eigenvalue weighted by atomic mass is 9.87. The van der Waals surface area contributed by atoms with Crippen LogP contribution in [0.1, 0.15) is 24.8 Å². The summed E-state index contributed by atoms with van der Waals surface area (Å²) in [5.41, 5.74) is 4.22. The summed E-state index contributed by atoms with van der Waals surface area (Å²) in [7, 11) is 0. The highest BCUT2D eigenvalue weighted by atomic mass is 15.2. The van der Waals surface area contributed by atoms with Gasteiger partial charge in [0, 0.05) is 23.8 Å². The molecule has 0 saturated carbocycles. The van der Waals surface area contributed by atoms with Crippen LogP contribution in [0.25, 0.3) is 0 Å². The van der Waals surface area contributed by atoms with Crippen molar-refractivity contribution in [3.05, 3.63) is 53.8 Å². The molecule has 1 heterocycles. The van der Waals surface area contributed by atoms with E-state index in [1.165, 1.54) is 42.8 Å². The predicted octanol–water partition coefficient (Wildman–Crippen LogP) is 4.06. The van der Waals surface area contributed by atoms with Crippen LogP contribution in [0, 0.1) is 12.8 Å². The molecule has 1 fully saturated rings. The average Bonchev–Trinajstić information content (AvgIpc) is 2.38. The summed E-state index contributed by atoms with van der Waals surface area (Å²) in [6, 6.07) is 8.85. The Kier molecular flexibility index (Phi) is 2.76. The zero-order valence-electron chi connectivity index (χ0n) is 10.4. The molecular weight excluding hydrogens is 206 g/mol. The van der Waals surface area contributed by atoms with Crippen molar-refractivity contribution in [2.45, 2.75) is 26.2 Å². The van der Waals surface area contributed by atoms with Gasteiger partial charge in [0.25, 0.3) is 0 Å². The fourth-order valence-electron chi connectivity index (χ4n) is 2.94. The number of allylic oxidation sites excluding steroid dienone is 4. The Morgan fingerprint density at radius 2 is 2.24 bits per heavy atom. The van der Waals surface area contributed by atoms with Crippen LogP contribution in [0.3, 0.4) is 0 Å². The molecule has 17 heavy (non-hydrogen) atoms. The third-order valence-corrected chi connectivity index (χ3v) is 3.80. The summed E-state index contributed by atoms with van der Waals surface area (Å²) in [5.74, 6) is 0.745. The van der Waals surface area contributed by atoms with E-state index in [0.717, 1.165) is 5.92 Å². The molecule has 0 bridgehead atoms. The largest absolute Gasteiger partial charge is 0.345 e. The SMILES string of the molecule is Cc1cccc(N2CCCC3CC=CC=C32)c1. The first-order chi connectivity index (χ1) is 8.34. The molecule has 3 rings (SSSR count). The second kappa shape index (κ2) is 4.40. The van der Waals surface area contributed by atoms with Crippen molar-refractivity contribution < 1.29 is 0 Å². The Morgan fingerprint density at radius 1 is 1.29 bits per heavy atom. The van der Waals surface area contributed by atoms with E-state index in [-0.39, 0.29) is 0 Å². The smallest absolute Gasteiger partial charge is 0.0410 e. The maximum Gasteiger partial charge on any atom is 0.0410 e. The van der Waals surface area contributed by atoms with Crippen LogP contribution < -0.4 is 4.90 Å². The van der Waals surface area contributed by atoms with Crippen molar-refractivity contribution in [1.29, 1.82) is 0 Å². The van der Waals surface area contributed by atoms with Gasteiger partial charge in [0.05, 0.1) is 0 Å². The first-order valence-electron chi connectivity index (χ1n) is 6.55. The molecule has 1 aromatic carbocycles. The van der Waals surface area contributed by atoms with E-state index in [4.69, 9.17) is 0 Å². The zero-order chi connectivity index (χ0) is 11.7. The van der Waals surface area contributed by atoms with Gasteiger partial charge >= 0.3 is 0 Å². The summed E-state index contributed by atoms with van der Waals surface area (Å²) in [6.07, 6.45) is 10.7. The van der Waals surface area contributed by atoms with E-state index in [2.05, 4.69) is 54.3 Å². The number of piperidine rings is 1. The molecule has 0 amide bonds. The highest BCUT2D eigenvalue weighted by Gasteiger charge is 2.25. The van der Waals surface area contributed by atoms with Crippen molar-refractivity contribution in [2.24, 2.45) is 5.92 Å². The Labute approximate surface area is 103 Å². The van der Waals surface area contributed by atoms with Crippen molar-refractivity contribution in [2.75, 3.05) is 11.4 Å². The number of anilines is 1. The molecular formula is C16H19N. The van der Waals surface area contributed by atoms with Crippen LogP contribution in [0.2, 0.25) is 0 Å². The molecule has 1 aliphatic carbocycles. The van der Waals surface area contributed by atoms with E-state index < -0.39 is 0 Å². The van der Waals surface area contributed by atoms with Gasteiger partial charge in [-0.25, -0.2) is 0 Å². The number of hydrogen-bond donors (Lipinski definition) is 0. The van der Waals surface area contributed by atoms with Gasteiger partial charge in [-0.05, 0) is 50.0 Å². The Hall–Kier alpha value is -1.50. The van der Waals surface area contributed by atoms with Crippen molar-refractivity contribution in [3.63, 3.8) is 0 Å². The number of aryl methyl sites for hydroxylation is 1. The molecule has 1 aromatic rings. The topological polar surface area (TPSA) is 3.24 Å². The van der Waals surface area contributed by atoms with Gasteiger partial charge in [0.15, 0.2) is 0 Å². The van der Waals surface area contributed by atoms with Crippen LogP contribution in [-0.2, 0) is 0 Å². The highest BCUT2D eigenvalue weighted by Crippen LogP contribution is 2.35. The van der Waals surface area contributed by atoms with Crippen molar-refractivity contribution in [1.82, 2.24) is 0 Å². The lowest BCUT2D eigenvalue weighted by molar-refractivity contribution is 0.475. The number of nitrogens with zero attached hydrogens (tertiary/aromatic N) is 1. The maximum atomic E-state index is 2.50. The third kappa shape index (κ3) is 2.02. The van der Waals surface area contributed by atoms with E-state index >= 15 is 0 Å². The zero-order valence-corrected chi connectivity index (χ0v) is 10.4. The first kappa shape index (κ1) is 10.6. The van der Waals surface area contributed by atoms with Gasteiger partial charge in [0.2, 0.25) is 0 Å². The molecule has 1 heteroatoms. The fourth-order valence-corrected chi connectivity index (χ4v) is 2.94. The molecule has 2 aliphatic rings. The van der Waals surface area contributed by atoms with Gasteiger partial charge in [-0.3, -0.25) is 0 Å². The number of fused-ring (bicyclic) bond motifs is 1. The molecule has 0 radical (unpaired) electrons. The van der Waals surface area contributed by atoms with Crippen molar-refractivity contribution in [3.8, 4) is 0 Å². The van der Waals surface area contributed by atoms with Gasteiger partial charge in [-0.15, -0.1) is 0 Å². The monoisotopic (exact) mass is 225 g/mol. The molecule has 0 spiro atoms. The molecule has 0 aromatic heterocycles. The Morgan fingerprint density at radius 3 is 3.12 bits per heavy atom. The van der Waals surface area contributed by atoms with E-state index in [1.54, 1.807) is 0 Å². The van der Waals surface area contributed by atoms with Gasteiger partial charge in [-0.2, -0.15) is 0 Å². The molecule has 0 N–H and O–H groups in total. The lowest BCUT2D eigenvalue weighted by Gasteiger charge is -2.38. The standard InChI is InChI=1S/C16H19N/c1-13-6-4-9-15(12-13)17-11-5-8-14-7-2-3-10-16(14)17/h2-4,6,9-10,12,14H,5,7-8,11H2,1H3. The fraction of sp³-hybridized carbons (Fsp3) is 0.375. The molecule has 1 unspecified atom stereocenters. The Bertz CT molecular complexity index is 470. The second-order valence-electron chi connectivity index (χ2n) is 5.09. The maximum absolute atomic E-state index is 2.50. The number of hydrogen-bond acceptors (Lipinski definition) is 1. The number of rotatable bonds is 1. The summed E-state index contributed by atoms with van der Waals surface area (Å²) in [6.45, 7) is 3.33. The van der Waals surface area contributed by atoms with Gasteiger partial charge in [-0.1, -0.05) is 24.3 Å². The number of benzene rings is 1. The quantitative estimate of drug-likeness (QED) is 0.696. The first-order valence-corrected chi connectivity index (χ1v) is 6.55.